The van der Waals surface area contributed by atoms with Crippen LogP contribution < -0.4 is 5.56 Å². The lowest BCUT2D eigenvalue weighted by atomic mass is 10.0. The molecule has 1 N–H and O–H groups in total. The van der Waals surface area contributed by atoms with Crippen LogP contribution in [0.25, 0.3) is 0 Å². The molecule has 3 nitrogen and oxygen atoms in total. The highest BCUT2D eigenvalue weighted by atomic mass is 79.9. The van der Waals surface area contributed by atoms with E-state index >= 15 is 0 Å². The first-order valence-electron chi connectivity index (χ1n) is 6.57. The van der Waals surface area contributed by atoms with E-state index in [1.54, 1.807) is 0 Å². The molecule has 0 bridgehead atoms. The van der Waals surface area contributed by atoms with Gasteiger partial charge in [0.1, 0.15) is 10.3 Å². The molecular weight excluding hydrogens is 304 g/mol. The molecule has 0 saturated carbocycles. The fraction of sp³-hybridized carbons (Fsp3) is 0.333. The lowest BCUT2D eigenvalue weighted by molar-refractivity contribution is 0.711. The van der Waals surface area contributed by atoms with E-state index in [9.17, 15) is 4.79 Å². The number of aromatic nitrogens is 2. The summed E-state index contributed by atoms with van der Waals surface area (Å²) >= 11 is 3.31. The number of nitrogens with one attached hydrogen (secondary N) is 1. The molecule has 0 fully saturated rings. The van der Waals surface area contributed by atoms with Gasteiger partial charge in [0.05, 0.1) is 5.69 Å². The summed E-state index contributed by atoms with van der Waals surface area (Å²) in [4.78, 5) is 19.5. The second-order valence-electron chi connectivity index (χ2n) is 4.86. The predicted molar refractivity (Wildman–Crippen MR) is 78.5 cm³/mol. The third-order valence-corrected chi connectivity index (χ3v) is 4.57. The van der Waals surface area contributed by atoms with Crippen molar-refractivity contribution in [2.24, 2.45) is 0 Å². The summed E-state index contributed by atoms with van der Waals surface area (Å²) in [5.41, 5.74) is 3.43. The summed E-state index contributed by atoms with van der Waals surface area (Å²) in [6.45, 7) is 2.01. The molecule has 98 valence electrons. The highest BCUT2D eigenvalue weighted by molar-refractivity contribution is 9.10. The summed E-state index contributed by atoms with van der Waals surface area (Å²) < 4.78 is 0.560. The van der Waals surface area contributed by atoms with Crippen molar-refractivity contribution in [2.75, 3.05) is 0 Å². The Labute approximate surface area is 120 Å². The van der Waals surface area contributed by atoms with Crippen LogP contribution in [0.4, 0.5) is 0 Å². The lowest BCUT2D eigenvalue weighted by Crippen LogP contribution is -2.17. The van der Waals surface area contributed by atoms with Crippen molar-refractivity contribution in [1.29, 1.82) is 0 Å². The van der Waals surface area contributed by atoms with Gasteiger partial charge in [0, 0.05) is 5.92 Å². The molecule has 1 aliphatic rings. The molecule has 1 atom stereocenters. The monoisotopic (exact) mass is 318 g/mol. The van der Waals surface area contributed by atoms with Crippen LogP contribution in [0, 0.1) is 0 Å². The van der Waals surface area contributed by atoms with Crippen molar-refractivity contribution in [3.8, 4) is 0 Å². The average molecular weight is 319 g/mol. The number of rotatable bonds is 2. The number of aryl methyl sites for hydroxylation is 2. The zero-order chi connectivity index (χ0) is 13.4. The lowest BCUT2D eigenvalue weighted by Gasteiger charge is -2.12. The first-order valence-corrected chi connectivity index (χ1v) is 7.36. The molecule has 0 saturated heterocycles. The summed E-state index contributed by atoms with van der Waals surface area (Å²) in [5, 5.41) is 0. The van der Waals surface area contributed by atoms with E-state index in [0.717, 1.165) is 30.8 Å². The highest BCUT2D eigenvalue weighted by Gasteiger charge is 2.26. The molecule has 0 amide bonds. The van der Waals surface area contributed by atoms with Gasteiger partial charge in [-0.3, -0.25) is 4.79 Å². The number of benzene rings is 1. The zero-order valence-electron chi connectivity index (χ0n) is 10.7. The summed E-state index contributed by atoms with van der Waals surface area (Å²) in [5.74, 6) is 1.03. The maximum Gasteiger partial charge on any atom is 0.265 e. The normalized spacial score (nSPS) is 17.5. The number of aromatic amines is 1. The van der Waals surface area contributed by atoms with Gasteiger partial charge in [-0.05, 0) is 46.3 Å². The molecule has 1 heterocycles. The Morgan fingerprint density at radius 2 is 2.21 bits per heavy atom. The molecular formula is C15H15BrN2O. The van der Waals surface area contributed by atoms with E-state index in [4.69, 9.17) is 0 Å². The van der Waals surface area contributed by atoms with Gasteiger partial charge >= 0.3 is 0 Å². The minimum atomic E-state index is -0.0776. The zero-order valence-corrected chi connectivity index (χ0v) is 12.3. The van der Waals surface area contributed by atoms with Crippen LogP contribution in [0.1, 0.15) is 41.9 Å². The van der Waals surface area contributed by atoms with Crippen molar-refractivity contribution in [1.82, 2.24) is 9.97 Å². The maximum absolute atomic E-state index is 11.9. The van der Waals surface area contributed by atoms with Gasteiger partial charge < -0.3 is 4.98 Å². The molecule has 2 aromatic rings. The van der Waals surface area contributed by atoms with E-state index in [2.05, 4.69) is 50.2 Å². The minimum absolute atomic E-state index is 0.0776. The third-order valence-electron chi connectivity index (χ3n) is 3.75. The second-order valence-corrected chi connectivity index (χ2v) is 5.65. The number of hydrogen-bond acceptors (Lipinski definition) is 2. The second kappa shape index (κ2) is 4.93. The summed E-state index contributed by atoms with van der Waals surface area (Å²) in [6.07, 6.45) is 2.83. The van der Waals surface area contributed by atoms with Crippen LogP contribution in [-0.2, 0) is 12.8 Å². The molecule has 0 radical (unpaired) electrons. The quantitative estimate of drug-likeness (QED) is 0.924. The van der Waals surface area contributed by atoms with E-state index in [1.165, 1.54) is 11.1 Å². The topological polar surface area (TPSA) is 45.8 Å². The Hall–Kier alpha value is -1.42. The SMILES string of the molecule is CCc1nc(C2CCc3ccccc32)[nH]c(=O)c1Br. The van der Waals surface area contributed by atoms with Crippen LogP contribution in [0.15, 0.2) is 33.5 Å². The van der Waals surface area contributed by atoms with Gasteiger partial charge in [0.15, 0.2) is 0 Å². The predicted octanol–water partition coefficient (Wildman–Crippen LogP) is 3.17. The van der Waals surface area contributed by atoms with Crippen molar-refractivity contribution in [3.05, 3.63) is 61.7 Å². The van der Waals surface area contributed by atoms with Gasteiger partial charge in [-0.25, -0.2) is 4.98 Å². The Kier molecular flexibility index (Phi) is 3.27. The first-order chi connectivity index (χ1) is 9.20. The van der Waals surface area contributed by atoms with Crippen LogP contribution >= 0.6 is 15.9 Å². The van der Waals surface area contributed by atoms with Crippen LogP contribution in [-0.4, -0.2) is 9.97 Å². The maximum atomic E-state index is 11.9. The van der Waals surface area contributed by atoms with E-state index < -0.39 is 0 Å². The Balaban J connectivity index is 2.10. The van der Waals surface area contributed by atoms with Crippen molar-refractivity contribution >= 4 is 15.9 Å². The highest BCUT2D eigenvalue weighted by Crippen LogP contribution is 2.36. The van der Waals surface area contributed by atoms with Crippen LogP contribution in [0.3, 0.4) is 0 Å². The van der Waals surface area contributed by atoms with Crippen molar-refractivity contribution in [3.63, 3.8) is 0 Å². The molecule has 0 spiro atoms. The Morgan fingerprint density at radius 3 is 3.00 bits per heavy atom. The van der Waals surface area contributed by atoms with Crippen LogP contribution in [0.2, 0.25) is 0 Å². The standard InChI is InChI=1S/C15H15BrN2O/c1-2-12-13(16)15(19)18-14(17-12)11-8-7-9-5-3-4-6-10(9)11/h3-6,11H,2,7-8H2,1H3,(H,17,18,19). The molecule has 1 unspecified atom stereocenters. The molecule has 19 heavy (non-hydrogen) atoms. The number of halogens is 1. The molecule has 1 aromatic carbocycles. The number of H-pyrrole nitrogens is 1. The van der Waals surface area contributed by atoms with E-state index in [1.807, 2.05) is 6.92 Å². The average Bonchev–Trinajstić information content (AvgIpc) is 2.85. The Morgan fingerprint density at radius 1 is 1.42 bits per heavy atom. The van der Waals surface area contributed by atoms with Gasteiger partial charge in [-0.15, -0.1) is 0 Å². The smallest absolute Gasteiger partial charge is 0.265 e. The fourth-order valence-electron chi connectivity index (χ4n) is 2.77. The number of fused-ring (bicyclic) bond motifs is 1. The Bertz CT molecular complexity index is 678. The minimum Gasteiger partial charge on any atom is -0.309 e. The molecule has 4 heteroatoms. The van der Waals surface area contributed by atoms with Gasteiger partial charge in [-0.1, -0.05) is 31.2 Å². The molecule has 1 aromatic heterocycles. The fourth-order valence-corrected chi connectivity index (χ4v) is 3.23. The largest absolute Gasteiger partial charge is 0.309 e. The van der Waals surface area contributed by atoms with Gasteiger partial charge in [-0.2, -0.15) is 0 Å². The number of hydrogen-bond donors (Lipinski definition) is 1. The molecule has 0 aliphatic heterocycles. The number of nitrogens with zero attached hydrogens (tertiary/aromatic N) is 1. The first kappa shape index (κ1) is 12.6. The summed E-state index contributed by atoms with van der Waals surface area (Å²) in [7, 11) is 0. The summed E-state index contributed by atoms with van der Waals surface area (Å²) in [6, 6.07) is 8.42. The van der Waals surface area contributed by atoms with Crippen LogP contribution in [0.5, 0.6) is 0 Å². The van der Waals surface area contributed by atoms with Crippen molar-refractivity contribution < 1.29 is 0 Å². The van der Waals surface area contributed by atoms with Gasteiger partial charge in [0.2, 0.25) is 0 Å². The van der Waals surface area contributed by atoms with Crippen molar-refractivity contribution in [2.45, 2.75) is 32.1 Å². The molecule has 3 rings (SSSR count). The van der Waals surface area contributed by atoms with E-state index in [0.29, 0.717) is 4.47 Å². The van der Waals surface area contributed by atoms with Gasteiger partial charge in [0.25, 0.3) is 5.56 Å². The molecule has 1 aliphatic carbocycles. The third kappa shape index (κ3) is 2.14. The van der Waals surface area contributed by atoms with E-state index in [-0.39, 0.29) is 11.5 Å².